The van der Waals surface area contributed by atoms with Gasteiger partial charge in [-0.3, -0.25) is 0 Å². The zero-order chi connectivity index (χ0) is 18.4. The zero-order valence-corrected chi connectivity index (χ0v) is 15.3. The summed E-state index contributed by atoms with van der Waals surface area (Å²) in [6, 6.07) is 10.0. The largest absolute Gasteiger partial charge is 0.497 e. The highest BCUT2D eigenvalue weighted by Gasteiger charge is 2.21. The van der Waals surface area contributed by atoms with Crippen LogP contribution in [0.5, 0.6) is 5.75 Å². The van der Waals surface area contributed by atoms with Gasteiger partial charge in [0.1, 0.15) is 11.6 Å². The fourth-order valence-electron chi connectivity index (χ4n) is 2.96. The lowest BCUT2D eigenvalue weighted by Crippen LogP contribution is -2.20. The van der Waals surface area contributed by atoms with Gasteiger partial charge in [-0.25, -0.2) is 4.98 Å². The Bertz CT molecular complexity index is 702. The number of nitrogens with zero attached hydrogens (tertiary/aromatic N) is 3. The van der Waals surface area contributed by atoms with Gasteiger partial charge in [0.2, 0.25) is 5.95 Å². The number of hydrogen-bond acceptors (Lipinski definition) is 7. The Morgan fingerprint density at radius 2 is 2.12 bits per heavy atom. The van der Waals surface area contributed by atoms with E-state index in [4.69, 9.17) is 14.6 Å². The molecule has 0 spiro atoms. The summed E-state index contributed by atoms with van der Waals surface area (Å²) in [7, 11) is 3.68. The fraction of sp³-hybridized carbons (Fsp3) is 0.474. The zero-order valence-electron chi connectivity index (χ0n) is 15.3. The molecule has 7 heteroatoms. The number of aromatic nitrogens is 2. The minimum atomic E-state index is 0.0388. The smallest absolute Gasteiger partial charge is 0.224 e. The number of methoxy groups -OCH3 is 1. The maximum absolute atomic E-state index is 9.07. The molecule has 3 rings (SSSR count). The van der Waals surface area contributed by atoms with E-state index in [1.165, 1.54) is 5.56 Å². The van der Waals surface area contributed by atoms with Crippen molar-refractivity contribution in [2.75, 3.05) is 50.7 Å². The number of aliphatic hydroxyl groups is 1. The molecule has 7 nitrogen and oxygen atoms in total. The fourth-order valence-corrected chi connectivity index (χ4v) is 2.96. The minimum absolute atomic E-state index is 0.0388. The van der Waals surface area contributed by atoms with Crippen molar-refractivity contribution in [2.45, 2.75) is 18.9 Å². The molecule has 140 valence electrons. The topological polar surface area (TPSA) is 79.7 Å². The number of benzene rings is 1. The van der Waals surface area contributed by atoms with Gasteiger partial charge in [0.05, 0.1) is 26.0 Å². The van der Waals surface area contributed by atoms with E-state index >= 15 is 0 Å². The van der Waals surface area contributed by atoms with Crippen molar-refractivity contribution in [2.24, 2.45) is 0 Å². The lowest BCUT2D eigenvalue weighted by atomic mass is 10.0. The third kappa shape index (κ3) is 4.62. The van der Waals surface area contributed by atoms with E-state index in [0.717, 1.165) is 36.8 Å². The molecular formula is C19H26N4O3. The standard InChI is InChI=1S/C19H26N4O3/c1-23(12-14-3-5-16(25-2)6-4-14)18-11-17(15-7-10-26-13-15)21-19(22-18)20-8-9-24/h3-6,11,15,24H,7-10,12-13H2,1-2H3,(H,20,21,22). The molecule has 0 saturated carbocycles. The summed E-state index contributed by atoms with van der Waals surface area (Å²) in [5.41, 5.74) is 2.15. The van der Waals surface area contributed by atoms with Crippen LogP contribution >= 0.6 is 0 Å². The van der Waals surface area contributed by atoms with E-state index in [0.29, 0.717) is 25.0 Å². The molecule has 2 N–H and O–H groups in total. The molecule has 2 heterocycles. The molecule has 0 aliphatic carbocycles. The Hall–Kier alpha value is -2.38. The molecule has 1 fully saturated rings. The minimum Gasteiger partial charge on any atom is -0.497 e. The van der Waals surface area contributed by atoms with Crippen LogP contribution in [-0.2, 0) is 11.3 Å². The van der Waals surface area contributed by atoms with E-state index < -0.39 is 0 Å². The first-order valence-corrected chi connectivity index (χ1v) is 8.85. The first kappa shape index (κ1) is 18.4. The Balaban J connectivity index is 1.79. The Labute approximate surface area is 154 Å². The van der Waals surface area contributed by atoms with Crippen LogP contribution < -0.4 is 15.0 Å². The summed E-state index contributed by atoms with van der Waals surface area (Å²) < 4.78 is 10.7. The van der Waals surface area contributed by atoms with E-state index in [9.17, 15) is 0 Å². The number of rotatable bonds is 8. The molecule has 0 radical (unpaired) electrons. The van der Waals surface area contributed by atoms with Crippen molar-refractivity contribution in [3.8, 4) is 5.75 Å². The lowest BCUT2D eigenvalue weighted by Gasteiger charge is -2.21. The molecule has 1 unspecified atom stereocenters. The molecule has 1 aromatic carbocycles. The van der Waals surface area contributed by atoms with Gasteiger partial charge < -0.3 is 24.8 Å². The van der Waals surface area contributed by atoms with Crippen molar-refractivity contribution in [1.29, 1.82) is 0 Å². The van der Waals surface area contributed by atoms with Gasteiger partial charge in [0.25, 0.3) is 0 Å². The summed E-state index contributed by atoms with van der Waals surface area (Å²) >= 11 is 0. The summed E-state index contributed by atoms with van der Waals surface area (Å²) in [5.74, 6) is 2.52. The van der Waals surface area contributed by atoms with Crippen LogP contribution in [0.1, 0.15) is 23.6 Å². The van der Waals surface area contributed by atoms with E-state index in [1.807, 2.05) is 37.4 Å². The van der Waals surface area contributed by atoms with Crippen molar-refractivity contribution >= 4 is 11.8 Å². The lowest BCUT2D eigenvalue weighted by molar-refractivity contribution is 0.193. The van der Waals surface area contributed by atoms with Gasteiger partial charge in [-0.15, -0.1) is 0 Å². The second-order valence-electron chi connectivity index (χ2n) is 6.39. The van der Waals surface area contributed by atoms with Crippen LogP contribution in [0, 0.1) is 0 Å². The van der Waals surface area contributed by atoms with Gasteiger partial charge in [-0.2, -0.15) is 4.98 Å². The Morgan fingerprint density at radius 1 is 1.31 bits per heavy atom. The average Bonchev–Trinajstić information content (AvgIpc) is 3.21. The predicted molar refractivity (Wildman–Crippen MR) is 101 cm³/mol. The number of ether oxygens (including phenoxy) is 2. The van der Waals surface area contributed by atoms with Gasteiger partial charge in [0.15, 0.2) is 0 Å². The van der Waals surface area contributed by atoms with Gasteiger partial charge >= 0.3 is 0 Å². The van der Waals surface area contributed by atoms with Crippen LogP contribution in [0.4, 0.5) is 11.8 Å². The second kappa shape index (κ2) is 8.82. The molecule has 1 aliphatic rings. The highest BCUT2D eigenvalue weighted by Crippen LogP contribution is 2.27. The van der Waals surface area contributed by atoms with E-state index in [2.05, 4.69) is 20.2 Å². The van der Waals surface area contributed by atoms with Crippen molar-refractivity contribution in [3.63, 3.8) is 0 Å². The number of anilines is 2. The molecular weight excluding hydrogens is 332 g/mol. The molecule has 26 heavy (non-hydrogen) atoms. The van der Waals surface area contributed by atoms with Crippen LogP contribution in [-0.4, -0.2) is 55.6 Å². The molecule has 0 bridgehead atoms. The normalized spacial score (nSPS) is 16.5. The third-order valence-electron chi connectivity index (χ3n) is 4.45. The molecule has 2 aromatic rings. The van der Waals surface area contributed by atoms with Crippen molar-refractivity contribution in [3.05, 3.63) is 41.6 Å². The molecule has 1 atom stereocenters. The van der Waals surface area contributed by atoms with Crippen LogP contribution in [0.25, 0.3) is 0 Å². The van der Waals surface area contributed by atoms with Crippen LogP contribution in [0.2, 0.25) is 0 Å². The van der Waals surface area contributed by atoms with Crippen LogP contribution in [0.15, 0.2) is 30.3 Å². The number of aliphatic hydroxyl groups excluding tert-OH is 1. The van der Waals surface area contributed by atoms with Crippen molar-refractivity contribution in [1.82, 2.24) is 9.97 Å². The van der Waals surface area contributed by atoms with Gasteiger partial charge in [-0.1, -0.05) is 12.1 Å². The second-order valence-corrected chi connectivity index (χ2v) is 6.39. The average molecular weight is 358 g/mol. The van der Waals surface area contributed by atoms with Gasteiger partial charge in [0, 0.05) is 38.7 Å². The van der Waals surface area contributed by atoms with E-state index in [-0.39, 0.29) is 6.61 Å². The van der Waals surface area contributed by atoms with E-state index in [1.54, 1.807) is 7.11 Å². The maximum Gasteiger partial charge on any atom is 0.224 e. The first-order chi connectivity index (χ1) is 12.7. The van der Waals surface area contributed by atoms with Crippen molar-refractivity contribution < 1.29 is 14.6 Å². The van der Waals surface area contributed by atoms with Gasteiger partial charge in [-0.05, 0) is 24.1 Å². The highest BCUT2D eigenvalue weighted by molar-refractivity contribution is 5.46. The number of nitrogens with one attached hydrogen (secondary N) is 1. The highest BCUT2D eigenvalue weighted by atomic mass is 16.5. The van der Waals surface area contributed by atoms with Crippen LogP contribution in [0.3, 0.4) is 0 Å². The summed E-state index contributed by atoms with van der Waals surface area (Å²) in [4.78, 5) is 11.3. The monoisotopic (exact) mass is 358 g/mol. The molecule has 1 aromatic heterocycles. The summed E-state index contributed by atoms with van der Waals surface area (Å²) in [5, 5.41) is 12.1. The first-order valence-electron chi connectivity index (χ1n) is 8.85. The third-order valence-corrected chi connectivity index (χ3v) is 4.45. The number of hydrogen-bond donors (Lipinski definition) is 2. The molecule has 1 aliphatic heterocycles. The summed E-state index contributed by atoms with van der Waals surface area (Å²) in [6.07, 6.45) is 0.970. The quantitative estimate of drug-likeness (QED) is 0.747. The Morgan fingerprint density at radius 3 is 2.77 bits per heavy atom. The molecule has 0 amide bonds. The SMILES string of the molecule is COc1ccc(CN(C)c2cc(C3CCOC3)nc(NCCO)n2)cc1. The Kier molecular flexibility index (Phi) is 6.25. The predicted octanol–water partition coefficient (Wildman–Crippen LogP) is 2.03. The molecule has 1 saturated heterocycles. The summed E-state index contributed by atoms with van der Waals surface area (Å²) in [6.45, 7) is 2.65. The maximum atomic E-state index is 9.07.